The molecule has 0 aromatic heterocycles. The van der Waals surface area contributed by atoms with Gasteiger partial charge in [0.2, 0.25) is 0 Å². The molecular formula is C58H45N. The first-order valence-electron chi connectivity index (χ1n) is 21.3. The minimum atomic E-state index is -0.415. The van der Waals surface area contributed by atoms with Crippen molar-refractivity contribution in [3.8, 4) is 44.5 Å². The number of hydrogen-bond donors (Lipinski definition) is 0. The van der Waals surface area contributed by atoms with E-state index in [0.717, 1.165) is 12.8 Å². The topological polar surface area (TPSA) is 3.24 Å². The van der Waals surface area contributed by atoms with Gasteiger partial charge in [-0.25, -0.2) is 0 Å². The zero-order chi connectivity index (χ0) is 39.3. The minimum Gasteiger partial charge on any atom is -0.334 e. The average molecular weight is 756 g/mol. The molecule has 7 aromatic rings. The standard InChI is InChI=1S/C58H45N/c1-57(2)51-25-13-9-24-48(51)50-36-42(30-32-52(50)57)59(44-34-40(38-17-5-3-6-18-38)33-41(35-44)39-19-7-4-8-20-39)43-29-31-49-47-23-12-16-28-55(47)58(56(49)37-43)53-26-14-10-21-45(53)46-22-11-15-27-54(46)58/h3-24,26-35,37,42,51H,25,36H2,1-2H3. The van der Waals surface area contributed by atoms with Crippen LogP contribution in [-0.4, -0.2) is 6.04 Å². The van der Waals surface area contributed by atoms with Gasteiger partial charge >= 0.3 is 0 Å². The summed E-state index contributed by atoms with van der Waals surface area (Å²) in [5, 5.41) is 0. The van der Waals surface area contributed by atoms with Gasteiger partial charge in [0.1, 0.15) is 0 Å². The smallest absolute Gasteiger partial charge is 0.0726 e. The lowest BCUT2D eigenvalue weighted by Crippen LogP contribution is -2.32. The molecule has 2 atom stereocenters. The molecule has 5 aliphatic rings. The van der Waals surface area contributed by atoms with Crippen molar-refractivity contribution >= 4 is 11.4 Å². The highest BCUT2D eigenvalue weighted by Crippen LogP contribution is 2.63. The van der Waals surface area contributed by atoms with E-state index < -0.39 is 5.41 Å². The molecule has 0 bridgehead atoms. The first kappa shape index (κ1) is 34.4. The Hall–Kier alpha value is -6.70. The van der Waals surface area contributed by atoms with Gasteiger partial charge < -0.3 is 4.90 Å². The van der Waals surface area contributed by atoms with Crippen LogP contribution in [0.3, 0.4) is 0 Å². The molecule has 2 unspecified atom stereocenters. The van der Waals surface area contributed by atoms with E-state index in [4.69, 9.17) is 0 Å². The average Bonchev–Trinajstić information content (AvgIpc) is 3.85. The molecule has 1 heteroatoms. The highest BCUT2D eigenvalue weighted by molar-refractivity contribution is 5.96. The molecular weight excluding hydrogens is 711 g/mol. The van der Waals surface area contributed by atoms with Gasteiger partial charge in [-0.3, -0.25) is 0 Å². The second-order valence-electron chi connectivity index (χ2n) is 17.6. The quantitative estimate of drug-likeness (QED) is 0.169. The Morgan fingerprint density at radius 1 is 0.508 bits per heavy atom. The monoisotopic (exact) mass is 755 g/mol. The van der Waals surface area contributed by atoms with Crippen molar-refractivity contribution in [2.75, 3.05) is 4.90 Å². The Morgan fingerprint density at radius 3 is 1.64 bits per heavy atom. The maximum Gasteiger partial charge on any atom is 0.0726 e. The van der Waals surface area contributed by atoms with Gasteiger partial charge in [-0.15, -0.1) is 0 Å². The molecule has 0 saturated carbocycles. The van der Waals surface area contributed by atoms with E-state index in [1.807, 2.05) is 0 Å². The molecule has 0 N–H and O–H groups in total. The second-order valence-corrected chi connectivity index (χ2v) is 17.6. The van der Waals surface area contributed by atoms with Crippen molar-refractivity contribution in [3.63, 3.8) is 0 Å². The van der Waals surface area contributed by atoms with Crippen LogP contribution in [0.1, 0.15) is 48.9 Å². The van der Waals surface area contributed by atoms with E-state index in [1.165, 1.54) is 94.9 Å². The minimum absolute atomic E-state index is 0.0981. The Bertz CT molecular complexity index is 2850. The normalized spacial score (nSPS) is 19.4. The van der Waals surface area contributed by atoms with Gasteiger partial charge in [0.25, 0.3) is 0 Å². The van der Waals surface area contributed by atoms with Crippen molar-refractivity contribution in [2.24, 2.45) is 11.3 Å². The van der Waals surface area contributed by atoms with Crippen molar-refractivity contribution in [1.29, 1.82) is 0 Å². The number of rotatable bonds is 5. The molecule has 7 aromatic carbocycles. The molecule has 0 radical (unpaired) electrons. The summed E-state index contributed by atoms with van der Waals surface area (Å²) >= 11 is 0. The summed E-state index contributed by atoms with van der Waals surface area (Å²) < 4.78 is 0. The van der Waals surface area contributed by atoms with E-state index in [1.54, 1.807) is 0 Å². The summed E-state index contributed by atoms with van der Waals surface area (Å²) in [6.45, 7) is 4.92. The van der Waals surface area contributed by atoms with Gasteiger partial charge in [0.05, 0.1) is 11.5 Å². The van der Waals surface area contributed by atoms with Crippen molar-refractivity contribution in [3.05, 3.63) is 239 Å². The number of benzene rings is 7. The lowest BCUT2D eigenvalue weighted by molar-refractivity contribution is 0.336. The summed E-state index contributed by atoms with van der Waals surface area (Å²) in [5.41, 5.74) is 22.4. The molecule has 59 heavy (non-hydrogen) atoms. The molecule has 12 rings (SSSR count). The second kappa shape index (κ2) is 12.9. The molecule has 1 spiro atoms. The summed E-state index contributed by atoms with van der Waals surface area (Å²) in [6.07, 6.45) is 14.1. The zero-order valence-corrected chi connectivity index (χ0v) is 33.6. The Balaban J connectivity index is 1.11. The van der Waals surface area contributed by atoms with E-state index in [2.05, 4.69) is 219 Å². The largest absolute Gasteiger partial charge is 0.334 e. The fourth-order valence-electron chi connectivity index (χ4n) is 11.7. The molecule has 0 aliphatic heterocycles. The SMILES string of the molecule is CC1(C)C2=C(CC(N(c3cc(-c4ccccc4)cc(-c4ccccc4)c3)c3ccc4c(c3)C3(c5ccccc5-c5ccccc53)c3ccccc3-4)C=C2)C2=CC=CCC21. The van der Waals surface area contributed by atoms with Crippen LogP contribution < -0.4 is 4.90 Å². The van der Waals surface area contributed by atoms with Crippen LogP contribution >= 0.6 is 0 Å². The fraction of sp³-hybridized carbons (Fsp3) is 0.138. The van der Waals surface area contributed by atoms with Crippen molar-refractivity contribution in [1.82, 2.24) is 0 Å². The Kier molecular flexibility index (Phi) is 7.51. The summed E-state index contributed by atoms with van der Waals surface area (Å²) in [5.74, 6) is 0.515. The van der Waals surface area contributed by atoms with Gasteiger partial charge in [-0.2, -0.15) is 0 Å². The van der Waals surface area contributed by atoms with Crippen LogP contribution in [0, 0.1) is 11.3 Å². The summed E-state index contributed by atoms with van der Waals surface area (Å²) in [6, 6.07) is 63.9. The number of fused-ring (bicyclic) bond motifs is 12. The van der Waals surface area contributed by atoms with Gasteiger partial charge in [-0.1, -0.05) is 184 Å². The third-order valence-corrected chi connectivity index (χ3v) is 14.3. The van der Waals surface area contributed by atoms with Gasteiger partial charge in [0.15, 0.2) is 0 Å². The third-order valence-electron chi connectivity index (χ3n) is 14.3. The van der Waals surface area contributed by atoms with E-state index in [-0.39, 0.29) is 11.5 Å². The number of allylic oxidation sites excluding steroid dienone is 6. The predicted molar refractivity (Wildman–Crippen MR) is 246 cm³/mol. The van der Waals surface area contributed by atoms with E-state index in [0.29, 0.717) is 5.92 Å². The molecule has 0 fully saturated rings. The Labute approximate surface area is 348 Å². The number of anilines is 2. The summed E-state index contributed by atoms with van der Waals surface area (Å²) in [4.78, 5) is 2.67. The first-order chi connectivity index (χ1) is 29.0. The van der Waals surface area contributed by atoms with Crippen LogP contribution in [-0.2, 0) is 5.41 Å². The molecule has 0 saturated heterocycles. The lowest BCUT2D eigenvalue weighted by Gasteiger charge is -2.37. The number of hydrogen-bond acceptors (Lipinski definition) is 1. The lowest BCUT2D eigenvalue weighted by atomic mass is 9.70. The van der Waals surface area contributed by atoms with E-state index in [9.17, 15) is 0 Å². The maximum absolute atomic E-state index is 2.67. The highest BCUT2D eigenvalue weighted by Gasteiger charge is 2.52. The van der Waals surface area contributed by atoms with Gasteiger partial charge in [0, 0.05) is 11.4 Å². The zero-order valence-electron chi connectivity index (χ0n) is 33.6. The van der Waals surface area contributed by atoms with Crippen LogP contribution in [0.4, 0.5) is 11.4 Å². The molecule has 0 heterocycles. The van der Waals surface area contributed by atoms with Crippen LogP contribution in [0.15, 0.2) is 217 Å². The van der Waals surface area contributed by atoms with Crippen LogP contribution in [0.25, 0.3) is 44.5 Å². The number of nitrogens with zero attached hydrogens (tertiary/aromatic N) is 1. The maximum atomic E-state index is 2.67. The highest BCUT2D eigenvalue weighted by atomic mass is 15.2. The van der Waals surface area contributed by atoms with Crippen molar-refractivity contribution < 1.29 is 0 Å². The molecule has 0 amide bonds. The van der Waals surface area contributed by atoms with Crippen molar-refractivity contribution in [2.45, 2.75) is 38.1 Å². The molecule has 1 nitrogen and oxygen atoms in total. The predicted octanol–water partition coefficient (Wildman–Crippen LogP) is 14.7. The van der Waals surface area contributed by atoms with Crippen LogP contribution in [0.5, 0.6) is 0 Å². The fourth-order valence-corrected chi connectivity index (χ4v) is 11.7. The molecule has 282 valence electrons. The summed E-state index contributed by atoms with van der Waals surface area (Å²) in [7, 11) is 0. The Morgan fingerprint density at radius 2 is 1.05 bits per heavy atom. The first-order valence-corrected chi connectivity index (χ1v) is 21.3. The molecule has 5 aliphatic carbocycles. The van der Waals surface area contributed by atoms with Crippen LogP contribution in [0.2, 0.25) is 0 Å². The van der Waals surface area contributed by atoms with E-state index >= 15 is 0 Å². The third kappa shape index (κ3) is 4.91. The van der Waals surface area contributed by atoms with Gasteiger partial charge in [-0.05, 0) is 138 Å².